The maximum absolute atomic E-state index is 11.8. The van der Waals surface area contributed by atoms with E-state index in [0.29, 0.717) is 29.9 Å². The quantitative estimate of drug-likeness (QED) is 0.460. The molecule has 6 nitrogen and oxygen atoms in total. The van der Waals surface area contributed by atoms with E-state index in [1.165, 1.54) is 6.07 Å². The Bertz CT molecular complexity index is 688. The van der Waals surface area contributed by atoms with Gasteiger partial charge in [0.15, 0.2) is 0 Å². The molecule has 0 saturated heterocycles. The predicted octanol–water partition coefficient (Wildman–Crippen LogP) is 1.99. The van der Waals surface area contributed by atoms with Crippen molar-refractivity contribution >= 4 is 16.9 Å². The molecule has 0 amide bonds. The Labute approximate surface area is 121 Å². The summed E-state index contributed by atoms with van der Waals surface area (Å²) in [5.41, 5.74) is -0.490. The third kappa shape index (κ3) is 3.61. The lowest BCUT2D eigenvalue weighted by Gasteiger charge is -2.06. The molecule has 0 aliphatic rings. The van der Waals surface area contributed by atoms with E-state index in [1.54, 1.807) is 32.2 Å². The molecule has 112 valence electrons. The first-order valence-corrected chi connectivity index (χ1v) is 6.52. The van der Waals surface area contributed by atoms with Crippen molar-refractivity contribution in [1.82, 2.24) is 0 Å². The van der Waals surface area contributed by atoms with Crippen molar-refractivity contribution in [3.8, 4) is 5.75 Å². The molecule has 1 aromatic carbocycles. The summed E-state index contributed by atoms with van der Waals surface area (Å²) in [6.07, 6.45) is 0. The van der Waals surface area contributed by atoms with Crippen LogP contribution >= 0.6 is 0 Å². The molecule has 6 heteroatoms. The van der Waals surface area contributed by atoms with Crippen LogP contribution in [0.1, 0.15) is 17.3 Å². The maximum atomic E-state index is 11.8. The molecule has 0 N–H and O–H groups in total. The number of esters is 1. The van der Waals surface area contributed by atoms with Gasteiger partial charge in [0.1, 0.15) is 23.5 Å². The summed E-state index contributed by atoms with van der Waals surface area (Å²) in [5, 5.41) is 0.622. The fourth-order valence-electron chi connectivity index (χ4n) is 1.78. The molecule has 0 fully saturated rings. The smallest absolute Gasteiger partial charge is 0.351 e. The standard InChI is InChI=1S/C15H16O6/c1-3-19-14(16)12-8-10-4-5-11(20-7-6-18-2)9-13(10)21-15(12)17/h4-5,8-9H,3,6-7H2,1-2H3. The minimum Gasteiger partial charge on any atom is -0.491 e. The highest BCUT2D eigenvalue weighted by Gasteiger charge is 2.14. The SMILES string of the molecule is CCOC(=O)c1cc2ccc(OCCOC)cc2oc1=O. The fourth-order valence-corrected chi connectivity index (χ4v) is 1.78. The number of hydrogen-bond donors (Lipinski definition) is 0. The molecule has 0 bridgehead atoms. The van der Waals surface area contributed by atoms with E-state index < -0.39 is 11.6 Å². The second-order valence-electron chi connectivity index (χ2n) is 4.21. The van der Waals surface area contributed by atoms with Gasteiger partial charge in [-0.15, -0.1) is 0 Å². The Morgan fingerprint density at radius 3 is 2.76 bits per heavy atom. The molecular weight excluding hydrogens is 276 g/mol. The van der Waals surface area contributed by atoms with E-state index in [-0.39, 0.29) is 12.2 Å². The Hall–Kier alpha value is -2.34. The lowest BCUT2D eigenvalue weighted by molar-refractivity contribution is 0.0522. The molecular formula is C15H16O6. The lowest BCUT2D eigenvalue weighted by atomic mass is 10.2. The molecule has 1 heterocycles. The van der Waals surface area contributed by atoms with E-state index in [1.807, 2.05) is 0 Å². The topological polar surface area (TPSA) is 75.0 Å². The zero-order valence-electron chi connectivity index (χ0n) is 11.9. The summed E-state index contributed by atoms with van der Waals surface area (Å²) >= 11 is 0. The summed E-state index contributed by atoms with van der Waals surface area (Å²) in [5.74, 6) is -0.125. The molecule has 0 saturated carbocycles. The number of ether oxygens (including phenoxy) is 3. The summed E-state index contributed by atoms with van der Waals surface area (Å²) in [6.45, 7) is 2.73. The monoisotopic (exact) mass is 292 g/mol. The Balaban J connectivity index is 2.31. The summed E-state index contributed by atoms with van der Waals surface area (Å²) in [7, 11) is 1.58. The van der Waals surface area contributed by atoms with Gasteiger partial charge in [-0.05, 0) is 25.1 Å². The maximum Gasteiger partial charge on any atom is 0.351 e. The van der Waals surface area contributed by atoms with Crippen molar-refractivity contribution in [2.45, 2.75) is 6.92 Å². The molecule has 0 aliphatic heterocycles. The highest BCUT2D eigenvalue weighted by Crippen LogP contribution is 2.20. The highest BCUT2D eigenvalue weighted by molar-refractivity contribution is 5.93. The van der Waals surface area contributed by atoms with Crippen LogP contribution in [0.25, 0.3) is 11.0 Å². The van der Waals surface area contributed by atoms with Gasteiger partial charge in [-0.2, -0.15) is 0 Å². The van der Waals surface area contributed by atoms with Gasteiger partial charge in [0.25, 0.3) is 0 Å². The van der Waals surface area contributed by atoms with Gasteiger partial charge in [-0.3, -0.25) is 0 Å². The molecule has 2 aromatic rings. The minimum atomic E-state index is -0.727. The Morgan fingerprint density at radius 2 is 2.05 bits per heavy atom. The third-order valence-electron chi connectivity index (χ3n) is 2.76. The molecule has 0 spiro atoms. The van der Waals surface area contributed by atoms with Crippen LogP contribution in [-0.4, -0.2) is 32.9 Å². The van der Waals surface area contributed by atoms with E-state index in [9.17, 15) is 9.59 Å². The van der Waals surface area contributed by atoms with E-state index >= 15 is 0 Å². The zero-order valence-corrected chi connectivity index (χ0v) is 11.9. The van der Waals surface area contributed by atoms with E-state index in [4.69, 9.17) is 18.6 Å². The van der Waals surface area contributed by atoms with Crippen LogP contribution in [0.4, 0.5) is 0 Å². The average Bonchev–Trinajstić information content (AvgIpc) is 2.47. The van der Waals surface area contributed by atoms with Gasteiger partial charge >= 0.3 is 11.6 Å². The lowest BCUT2D eigenvalue weighted by Crippen LogP contribution is -2.16. The largest absolute Gasteiger partial charge is 0.491 e. The predicted molar refractivity (Wildman–Crippen MR) is 75.8 cm³/mol. The van der Waals surface area contributed by atoms with Crippen molar-refractivity contribution in [2.75, 3.05) is 26.9 Å². The highest BCUT2D eigenvalue weighted by atomic mass is 16.5. The number of carbonyl (C=O) groups is 1. The first kappa shape index (κ1) is 15.1. The second kappa shape index (κ2) is 6.90. The molecule has 0 aliphatic carbocycles. The number of hydrogen-bond acceptors (Lipinski definition) is 6. The van der Waals surface area contributed by atoms with Gasteiger partial charge < -0.3 is 18.6 Å². The van der Waals surface area contributed by atoms with Crippen molar-refractivity contribution < 1.29 is 23.4 Å². The minimum absolute atomic E-state index is 0.114. The average molecular weight is 292 g/mol. The van der Waals surface area contributed by atoms with Crippen molar-refractivity contribution in [2.24, 2.45) is 0 Å². The normalized spacial score (nSPS) is 10.6. The van der Waals surface area contributed by atoms with Crippen molar-refractivity contribution in [3.05, 3.63) is 40.2 Å². The van der Waals surface area contributed by atoms with E-state index in [0.717, 1.165) is 0 Å². The van der Waals surface area contributed by atoms with Gasteiger partial charge in [0.2, 0.25) is 0 Å². The number of benzene rings is 1. The Kier molecular flexibility index (Phi) is 4.94. The third-order valence-corrected chi connectivity index (χ3v) is 2.76. The summed E-state index contributed by atoms with van der Waals surface area (Å²) in [4.78, 5) is 23.4. The van der Waals surface area contributed by atoms with Crippen LogP contribution in [0.2, 0.25) is 0 Å². The van der Waals surface area contributed by atoms with Crippen LogP contribution in [0, 0.1) is 0 Å². The first-order chi connectivity index (χ1) is 10.2. The molecule has 1 aromatic heterocycles. The van der Waals surface area contributed by atoms with Crippen LogP contribution in [0.15, 0.2) is 33.5 Å². The molecule has 2 rings (SSSR count). The molecule has 0 atom stereocenters. The molecule has 0 radical (unpaired) electrons. The number of fused-ring (bicyclic) bond motifs is 1. The zero-order chi connectivity index (χ0) is 15.2. The van der Waals surface area contributed by atoms with Gasteiger partial charge in [0.05, 0.1) is 13.2 Å². The second-order valence-corrected chi connectivity index (χ2v) is 4.21. The number of methoxy groups -OCH3 is 1. The number of rotatable bonds is 6. The molecule has 0 unspecified atom stereocenters. The van der Waals surface area contributed by atoms with Crippen molar-refractivity contribution in [1.29, 1.82) is 0 Å². The van der Waals surface area contributed by atoms with Gasteiger partial charge in [-0.1, -0.05) is 0 Å². The Morgan fingerprint density at radius 1 is 1.24 bits per heavy atom. The summed E-state index contributed by atoms with van der Waals surface area (Å²) in [6, 6.07) is 6.50. The molecule has 21 heavy (non-hydrogen) atoms. The number of carbonyl (C=O) groups excluding carboxylic acids is 1. The van der Waals surface area contributed by atoms with Crippen molar-refractivity contribution in [3.63, 3.8) is 0 Å². The van der Waals surface area contributed by atoms with Crippen LogP contribution in [0.5, 0.6) is 5.75 Å². The van der Waals surface area contributed by atoms with Gasteiger partial charge in [0, 0.05) is 18.6 Å². The fraction of sp³-hybridized carbons (Fsp3) is 0.333. The summed E-state index contributed by atoms with van der Waals surface area (Å²) < 4.78 is 20.3. The van der Waals surface area contributed by atoms with Gasteiger partial charge in [-0.25, -0.2) is 9.59 Å². The van der Waals surface area contributed by atoms with Crippen LogP contribution in [-0.2, 0) is 9.47 Å². The first-order valence-electron chi connectivity index (χ1n) is 6.52. The van der Waals surface area contributed by atoms with Crippen LogP contribution < -0.4 is 10.4 Å². The van der Waals surface area contributed by atoms with Crippen LogP contribution in [0.3, 0.4) is 0 Å². The van der Waals surface area contributed by atoms with E-state index in [2.05, 4.69) is 0 Å².